The SMILES string of the molecule is Nc1cccc(NCC2CC(O)C2)c1. The molecule has 4 N–H and O–H groups in total. The van der Waals surface area contributed by atoms with Crippen LogP contribution in [0.3, 0.4) is 0 Å². The molecule has 1 aromatic rings. The standard InChI is InChI=1S/C11H16N2O/c12-9-2-1-3-10(6-9)13-7-8-4-11(14)5-8/h1-3,6,8,11,13-14H,4-5,7,12H2. The highest BCUT2D eigenvalue weighted by Crippen LogP contribution is 2.27. The van der Waals surface area contributed by atoms with Gasteiger partial charge in [-0.25, -0.2) is 0 Å². The molecule has 1 saturated carbocycles. The fourth-order valence-corrected chi connectivity index (χ4v) is 1.78. The van der Waals surface area contributed by atoms with Crippen LogP contribution in [0, 0.1) is 5.92 Å². The Hall–Kier alpha value is -1.22. The Bertz CT molecular complexity index is 308. The fraction of sp³-hybridized carbons (Fsp3) is 0.455. The van der Waals surface area contributed by atoms with E-state index in [4.69, 9.17) is 10.8 Å². The van der Waals surface area contributed by atoms with E-state index >= 15 is 0 Å². The number of hydrogen-bond donors (Lipinski definition) is 3. The summed E-state index contributed by atoms with van der Waals surface area (Å²) in [5.74, 6) is 0.617. The molecule has 0 amide bonds. The molecule has 76 valence electrons. The number of nitrogens with two attached hydrogens (primary N) is 1. The lowest BCUT2D eigenvalue weighted by Gasteiger charge is -2.31. The van der Waals surface area contributed by atoms with Crippen molar-refractivity contribution >= 4 is 11.4 Å². The molecule has 0 heterocycles. The second-order valence-corrected chi connectivity index (χ2v) is 4.00. The van der Waals surface area contributed by atoms with Crippen molar-refractivity contribution < 1.29 is 5.11 Å². The predicted molar refractivity (Wildman–Crippen MR) is 58.1 cm³/mol. The van der Waals surface area contributed by atoms with Gasteiger partial charge in [-0.05, 0) is 37.0 Å². The minimum Gasteiger partial charge on any atom is -0.399 e. The van der Waals surface area contributed by atoms with Crippen molar-refractivity contribution in [3.05, 3.63) is 24.3 Å². The smallest absolute Gasteiger partial charge is 0.0546 e. The number of aliphatic hydroxyl groups is 1. The summed E-state index contributed by atoms with van der Waals surface area (Å²) in [5.41, 5.74) is 7.50. The lowest BCUT2D eigenvalue weighted by Crippen LogP contribution is -2.33. The topological polar surface area (TPSA) is 58.3 Å². The van der Waals surface area contributed by atoms with Crippen LogP contribution in [-0.2, 0) is 0 Å². The van der Waals surface area contributed by atoms with E-state index in [9.17, 15) is 0 Å². The zero-order valence-corrected chi connectivity index (χ0v) is 8.11. The number of hydrogen-bond acceptors (Lipinski definition) is 3. The summed E-state index contributed by atoms with van der Waals surface area (Å²) >= 11 is 0. The van der Waals surface area contributed by atoms with Crippen molar-refractivity contribution in [2.24, 2.45) is 5.92 Å². The van der Waals surface area contributed by atoms with E-state index in [0.717, 1.165) is 30.8 Å². The monoisotopic (exact) mass is 192 g/mol. The molecule has 14 heavy (non-hydrogen) atoms. The highest BCUT2D eigenvalue weighted by molar-refractivity contribution is 5.54. The molecule has 1 aliphatic carbocycles. The Morgan fingerprint density at radius 1 is 1.43 bits per heavy atom. The molecule has 0 radical (unpaired) electrons. The van der Waals surface area contributed by atoms with Crippen LogP contribution in [0.2, 0.25) is 0 Å². The maximum atomic E-state index is 9.11. The van der Waals surface area contributed by atoms with Crippen molar-refractivity contribution in [3.63, 3.8) is 0 Å². The zero-order valence-electron chi connectivity index (χ0n) is 8.11. The van der Waals surface area contributed by atoms with E-state index in [1.54, 1.807) is 0 Å². The van der Waals surface area contributed by atoms with E-state index < -0.39 is 0 Å². The van der Waals surface area contributed by atoms with E-state index in [1.807, 2.05) is 24.3 Å². The van der Waals surface area contributed by atoms with Crippen LogP contribution >= 0.6 is 0 Å². The summed E-state index contributed by atoms with van der Waals surface area (Å²) in [6.45, 7) is 0.931. The van der Waals surface area contributed by atoms with Crippen LogP contribution in [0.25, 0.3) is 0 Å². The Labute approximate surface area is 83.9 Å². The molecule has 2 rings (SSSR count). The molecule has 1 fully saturated rings. The van der Waals surface area contributed by atoms with Gasteiger partial charge in [-0.15, -0.1) is 0 Å². The lowest BCUT2D eigenvalue weighted by atomic mass is 9.82. The third kappa shape index (κ3) is 2.17. The number of anilines is 2. The van der Waals surface area contributed by atoms with Crippen LogP contribution in [0.15, 0.2) is 24.3 Å². The normalized spacial score (nSPS) is 25.5. The molecule has 1 aliphatic rings. The average Bonchev–Trinajstić information content (AvgIpc) is 2.11. The molecule has 0 spiro atoms. The van der Waals surface area contributed by atoms with Crippen molar-refractivity contribution in [2.75, 3.05) is 17.6 Å². The maximum absolute atomic E-state index is 9.11. The van der Waals surface area contributed by atoms with Gasteiger partial charge >= 0.3 is 0 Å². The quantitative estimate of drug-likeness (QED) is 0.635. The highest BCUT2D eigenvalue weighted by Gasteiger charge is 2.26. The first kappa shape index (κ1) is 9.34. The summed E-state index contributed by atoms with van der Waals surface area (Å²) in [7, 11) is 0. The minimum absolute atomic E-state index is 0.0670. The number of benzene rings is 1. The fourth-order valence-electron chi connectivity index (χ4n) is 1.78. The molecular formula is C11H16N2O. The van der Waals surface area contributed by atoms with Gasteiger partial charge in [0.05, 0.1) is 6.10 Å². The predicted octanol–water partition coefficient (Wildman–Crippen LogP) is 1.45. The van der Waals surface area contributed by atoms with Crippen LogP contribution in [0.1, 0.15) is 12.8 Å². The first-order valence-electron chi connectivity index (χ1n) is 5.01. The molecule has 1 aromatic carbocycles. The van der Waals surface area contributed by atoms with Gasteiger partial charge in [0.1, 0.15) is 0 Å². The van der Waals surface area contributed by atoms with Crippen molar-refractivity contribution in [1.82, 2.24) is 0 Å². The molecule has 0 aliphatic heterocycles. The van der Waals surface area contributed by atoms with Crippen LogP contribution in [-0.4, -0.2) is 17.8 Å². The maximum Gasteiger partial charge on any atom is 0.0546 e. The summed E-state index contributed by atoms with van der Waals surface area (Å²) < 4.78 is 0. The molecule has 0 unspecified atom stereocenters. The summed E-state index contributed by atoms with van der Waals surface area (Å²) in [5, 5.41) is 12.4. The number of nitrogens with one attached hydrogen (secondary N) is 1. The first-order valence-corrected chi connectivity index (χ1v) is 5.01. The van der Waals surface area contributed by atoms with Gasteiger partial charge in [0, 0.05) is 17.9 Å². The Kier molecular flexibility index (Phi) is 2.59. The Morgan fingerprint density at radius 2 is 2.21 bits per heavy atom. The minimum atomic E-state index is -0.0670. The van der Waals surface area contributed by atoms with Crippen molar-refractivity contribution in [3.8, 4) is 0 Å². The zero-order chi connectivity index (χ0) is 9.97. The van der Waals surface area contributed by atoms with E-state index in [2.05, 4.69) is 5.32 Å². The van der Waals surface area contributed by atoms with E-state index in [-0.39, 0.29) is 6.10 Å². The molecule has 3 nitrogen and oxygen atoms in total. The van der Waals surface area contributed by atoms with Crippen LogP contribution in [0.4, 0.5) is 11.4 Å². The number of nitrogen functional groups attached to an aromatic ring is 1. The van der Waals surface area contributed by atoms with Gasteiger partial charge in [0.25, 0.3) is 0 Å². The largest absolute Gasteiger partial charge is 0.399 e. The third-order valence-corrected chi connectivity index (χ3v) is 2.69. The van der Waals surface area contributed by atoms with Gasteiger partial charge < -0.3 is 16.2 Å². The molecule has 0 bridgehead atoms. The van der Waals surface area contributed by atoms with Crippen LogP contribution in [0.5, 0.6) is 0 Å². The van der Waals surface area contributed by atoms with Gasteiger partial charge in [-0.3, -0.25) is 0 Å². The first-order chi connectivity index (χ1) is 6.74. The van der Waals surface area contributed by atoms with E-state index in [1.165, 1.54) is 0 Å². The summed E-state index contributed by atoms with van der Waals surface area (Å²) in [4.78, 5) is 0. The molecule has 0 atom stereocenters. The van der Waals surface area contributed by atoms with E-state index in [0.29, 0.717) is 5.92 Å². The van der Waals surface area contributed by atoms with Crippen molar-refractivity contribution in [2.45, 2.75) is 18.9 Å². The second-order valence-electron chi connectivity index (χ2n) is 4.00. The third-order valence-electron chi connectivity index (χ3n) is 2.69. The molecular weight excluding hydrogens is 176 g/mol. The van der Waals surface area contributed by atoms with Gasteiger partial charge in [0.15, 0.2) is 0 Å². The van der Waals surface area contributed by atoms with Crippen LogP contribution < -0.4 is 11.1 Å². The van der Waals surface area contributed by atoms with Gasteiger partial charge in [-0.1, -0.05) is 6.07 Å². The summed E-state index contributed by atoms with van der Waals surface area (Å²) in [6, 6.07) is 7.74. The molecule has 3 heteroatoms. The van der Waals surface area contributed by atoms with Crippen molar-refractivity contribution in [1.29, 1.82) is 0 Å². The second kappa shape index (κ2) is 3.88. The van der Waals surface area contributed by atoms with Gasteiger partial charge in [0.2, 0.25) is 0 Å². The highest BCUT2D eigenvalue weighted by atomic mass is 16.3. The Balaban J connectivity index is 1.80. The average molecular weight is 192 g/mol. The van der Waals surface area contributed by atoms with Gasteiger partial charge in [-0.2, -0.15) is 0 Å². The molecule has 0 saturated heterocycles. The lowest BCUT2D eigenvalue weighted by molar-refractivity contribution is 0.0487. The summed E-state index contributed by atoms with van der Waals surface area (Å²) in [6.07, 6.45) is 1.78. The Morgan fingerprint density at radius 3 is 2.86 bits per heavy atom. The number of rotatable bonds is 3. The number of aliphatic hydroxyl groups excluding tert-OH is 1. The molecule has 0 aromatic heterocycles.